The summed E-state index contributed by atoms with van der Waals surface area (Å²) in [7, 11) is 1.93. The van der Waals surface area contributed by atoms with Gasteiger partial charge in [0.15, 0.2) is 0 Å². The van der Waals surface area contributed by atoms with E-state index in [0.29, 0.717) is 37.6 Å². The summed E-state index contributed by atoms with van der Waals surface area (Å²) in [6.45, 7) is 7.77. The van der Waals surface area contributed by atoms with Crippen LogP contribution < -0.4 is 10.1 Å². The van der Waals surface area contributed by atoms with Crippen molar-refractivity contribution in [2.75, 3.05) is 33.3 Å². The minimum atomic E-state index is -0.866. The van der Waals surface area contributed by atoms with Crippen molar-refractivity contribution in [3.63, 3.8) is 0 Å². The molecule has 25 heavy (non-hydrogen) atoms. The van der Waals surface area contributed by atoms with E-state index in [2.05, 4.69) is 5.32 Å². The molecule has 1 aromatic carbocycles. The van der Waals surface area contributed by atoms with Gasteiger partial charge >= 0.3 is 12.1 Å². The number of benzene rings is 1. The van der Waals surface area contributed by atoms with Crippen LogP contribution in [0.3, 0.4) is 0 Å². The standard InChI is InChI=1S/C18H28N2O5/c1-18(2,3)25-17(23)19-8-9-20(4)10-11-24-15-7-5-6-14(12-15)13-16(21)22/h5-7,12H,8-11,13H2,1-4H3,(H,19,23)(H,21,22). The second-order valence-corrected chi connectivity index (χ2v) is 6.80. The van der Waals surface area contributed by atoms with E-state index in [1.54, 1.807) is 24.3 Å². The van der Waals surface area contributed by atoms with E-state index in [1.807, 2.05) is 32.7 Å². The Kier molecular flexibility index (Phi) is 8.21. The quantitative estimate of drug-likeness (QED) is 0.708. The highest BCUT2D eigenvalue weighted by atomic mass is 16.6. The predicted molar refractivity (Wildman–Crippen MR) is 95.0 cm³/mol. The molecule has 1 rings (SSSR count). The van der Waals surface area contributed by atoms with E-state index < -0.39 is 17.7 Å². The molecular formula is C18H28N2O5. The van der Waals surface area contributed by atoms with Crippen molar-refractivity contribution in [2.45, 2.75) is 32.8 Å². The third kappa shape index (κ3) is 10.2. The number of carbonyl (C=O) groups is 2. The number of ether oxygens (including phenoxy) is 2. The van der Waals surface area contributed by atoms with Gasteiger partial charge in [0.1, 0.15) is 18.0 Å². The summed E-state index contributed by atoms with van der Waals surface area (Å²) in [4.78, 5) is 24.3. The summed E-state index contributed by atoms with van der Waals surface area (Å²) in [5, 5.41) is 11.5. The van der Waals surface area contributed by atoms with Crippen LogP contribution in [-0.2, 0) is 16.0 Å². The molecule has 0 spiro atoms. The lowest BCUT2D eigenvalue weighted by Gasteiger charge is -2.21. The highest BCUT2D eigenvalue weighted by Crippen LogP contribution is 2.13. The summed E-state index contributed by atoms with van der Waals surface area (Å²) >= 11 is 0. The molecule has 0 unspecified atom stereocenters. The lowest BCUT2D eigenvalue weighted by molar-refractivity contribution is -0.136. The van der Waals surface area contributed by atoms with Gasteiger partial charge in [-0.25, -0.2) is 4.79 Å². The van der Waals surface area contributed by atoms with Crippen LogP contribution in [0.2, 0.25) is 0 Å². The van der Waals surface area contributed by atoms with Gasteiger partial charge in [-0.05, 0) is 45.5 Å². The van der Waals surface area contributed by atoms with Crippen LogP contribution in [-0.4, -0.2) is 61.0 Å². The summed E-state index contributed by atoms with van der Waals surface area (Å²) in [6.07, 6.45) is -0.444. The fourth-order valence-corrected chi connectivity index (χ4v) is 2.01. The number of carbonyl (C=O) groups excluding carboxylic acids is 1. The molecule has 0 aliphatic carbocycles. The molecule has 0 aromatic heterocycles. The minimum absolute atomic E-state index is 0.0204. The molecular weight excluding hydrogens is 324 g/mol. The molecule has 140 valence electrons. The first kappa shape index (κ1) is 20.8. The fourth-order valence-electron chi connectivity index (χ4n) is 2.01. The second-order valence-electron chi connectivity index (χ2n) is 6.80. The van der Waals surface area contributed by atoms with Gasteiger partial charge in [0.2, 0.25) is 0 Å². The SMILES string of the molecule is CN(CCNC(=O)OC(C)(C)C)CCOc1cccc(CC(=O)O)c1. The van der Waals surface area contributed by atoms with Crippen LogP contribution in [0.25, 0.3) is 0 Å². The Bertz CT molecular complexity index is 569. The molecule has 7 nitrogen and oxygen atoms in total. The molecule has 0 bridgehead atoms. The number of alkyl carbamates (subject to hydrolysis) is 1. The number of carboxylic acid groups (broad SMARTS) is 1. The molecule has 0 heterocycles. The molecule has 2 N–H and O–H groups in total. The monoisotopic (exact) mass is 352 g/mol. The van der Waals surface area contributed by atoms with Crippen LogP contribution in [0.1, 0.15) is 26.3 Å². The number of nitrogens with zero attached hydrogens (tertiary/aromatic N) is 1. The normalized spacial score (nSPS) is 11.2. The van der Waals surface area contributed by atoms with Gasteiger partial charge in [-0.1, -0.05) is 12.1 Å². The topological polar surface area (TPSA) is 88.1 Å². The van der Waals surface area contributed by atoms with E-state index in [0.717, 1.165) is 0 Å². The Labute approximate surface area is 148 Å². The number of nitrogens with one attached hydrogen (secondary N) is 1. The number of amides is 1. The zero-order chi connectivity index (χ0) is 18.9. The molecule has 0 saturated carbocycles. The average molecular weight is 352 g/mol. The van der Waals surface area contributed by atoms with Gasteiger partial charge in [0, 0.05) is 19.6 Å². The molecule has 0 fully saturated rings. The van der Waals surface area contributed by atoms with Gasteiger partial charge in [0.05, 0.1) is 6.42 Å². The van der Waals surface area contributed by atoms with Gasteiger partial charge in [0.25, 0.3) is 0 Å². The first-order chi connectivity index (χ1) is 11.7. The van der Waals surface area contributed by atoms with Crippen molar-refractivity contribution in [2.24, 2.45) is 0 Å². The fraction of sp³-hybridized carbons (Fsp3) is 0.556. The second kappa shape index (κ2) is 9.88. The lowest BCUT2D eigenvalue weighted by Crippen LogP contribution is -2.37. The van der Waals surface area contributed by atoms with Crippen molar-refractivity contribution >= 4 is 12.1 Å². The van der Waals surface area contributed by atoms with Gasteiger partial charge in [-0.3, -0.25) is 4.79 Å². The largest absolute Gasteiger partial charge is 0.492 e. The molecule has 0 aliphatic rings. The molecule has 0 radical (unpaired) electrons. The van der Waals surface area contributed by atoms with Crippen molar-refractivity contribution in [3.8, 4) is 5.75 Å². The first-order valence-corrected chi connectivity index (χ1v) is 8.24. The number of rotatable bonds is 9. The number of aliphatic carboxylic acids is 1. The summed E-state index contributed by atoms with van der Waals surface area (Å²) in [5.41, 5.74) is 0.207. The molecule has 7 heteroatoms. The zero-order valence-electron chi connectivity index (χ0n) is 15.4. The number of carboxylic acids is 1. The average Bonchev–Trinajstić information content (AvgIpc) is 2.45. The maximum absolute atomic E-state index is 11.5. The van der Waals surface area contributed by atoms with Crippen molar-refractivity contribution in [1.29, 1.82) is 0 Å². The predicted octanol–water partition coefficient (Wildman–Crippen LogP) is 2.15. The smallest absolute Gasteiger partial charge is 0.407 e. The third-order valence-electron chi connectivity index (χ3n) is 3.16. The maximum Gasteiger partial charge on any atom is 0.407 e. The summed E-state index contributed by atoms with van der Waals surface area (Å²) < 4.78 is 10.8. The van der Waals surface area contributed by atoms with Crippen LogP contribution in [0.5, 0.6) is 5.75 Å². The van der Waals surface area contributed by atoms with E-state index >= 15 is 0 Å². The Morgan fingerprint density at radius 1 is 1.24 bits per heavy atom. The number of likely N-dealkylation sites (N-methyl/N-ethyl adjacent to an activating group) is 1. The summed E-state index contributed by atoms with van der Waals surface area (Å²) in [6, 6.07) is 7.07. The van der Waals surface area contributed by atoms with Crippen LogP contribution >= 0.6 is 0 Å². The van der Waals surface area contributed by atoms with Crippen LogP contribution in [0.15, 0.2) is 24.3 Å². The van der Waals surface area contributed by atoms with Crippen LogP contribution in [0.4, 0.5) is 4.79 Å². The Morgan fingerprint density at radius 2 is 1.96 bits per heavy atom. The maximum atomic E-state index is 11.5. The highest BCUT2D eigenvalue weighted by Gasteiger charge is 2.15. The van der Waals surface area contributed by atoms with E-state index in [9.17, 15) is 9.59 Å². The molecule has 1 amide bonds. The van der Waals surface area contributed by atoms with Gasteiger partial charge in [-0.2, -0.15) is 0 Å². The van der Waals surface area contributed by atoms with Crippen LogP contribution in [0, 0.1) is 0 Å². The summed E-state index contributed by atoms with van der Waals surface area (Å²) in [5.74, 6) is -0.214. The lowest BCUT2D eigenvalue weighted by atomic mass is 10.1. The van der Waals surface area contributed by atoms with Crippen molar-refractivity contribution in [1.82, 2.24) is 10.2 Å². The minimum Gasteiger partial charge on any atom is -0.492 e. The molecule has 1 aromatic rings. The van der Waals surface area contributed by atoms with E-state index in [-0.39, 0.29) is 6.42 Å². The number of hydrogen-bond acceptors (Lipinski definition) is 5. The van der Waals surface area contributed by atoms with Gasteiger partial charge < -0.3 is 24.8 Å². The Balaban J connectivity index is 2.23. The Hall–Kier alpha value is -2.28. The number of hydrogen-bond donors (Lipinski definition) is 2. The molecule has 0 atom stereocenters. The van der Waals surface area contributed by atoms with Crippen molar-refractivity contribution in [3.05, 3.63) is 29.8 Å². The van der Waals surface area contributed by atoms with E-state index in [4.69, 9.17) is 14.6 Å². The van der Waals surface area contributed by atoms with Crippen molar-refractivity contribution < 1.29 is 24.2 Å². The first-order valence-electron chi connectivity index (χ1n) is 8.24. The van der Waals surface area contributed by atoms with E-state index in [1.165, 1.54) is 0 Å². The molecule has 0 saturated heterocycles. The zero-order valence-corrected chi connectivity index (χ0v) is 15.4. The highest BCUT2D eigenvalue weighted by molar-refractivity contribution is 5.70. The third-order valence-corrected chi connectivity index (χ3v) is 3.16. The van der Waals surface area contributed by atoms with Gasteiger partial charge in [-0.15, -0.1) is 0 Å². The Morgan fingerprint density at radius 3 is 2.60 bits per heavy atom. The molecule has 0 aliphatic heterocycles.